The standard InChI is InChI=1S/C22H32N4OS.HI/c1-3-23-21(25-17-22(2,27)20-10-6-15-28-20)24-12-7-13-26-14-11-18-8-4-5-9-19(18)16-26;/h4-6,8-10,15,27H,3,7,11-14,16-17H2,1-2H3,(H2,23,24,25);1H. The monoisotopic (exact) mass is 528 g/mol. The molecule has 5 nitrogen and oxygen atoms in total. The maximum absolute atomic E-state index is 10.7. The molecule has 3 N–H and O–H groups in total. The van der Waals surface area contributed by atoms with Crippen LogP contribution in [-0.4, -0.2) is 48.7 Å². The first-order valence-electron chi connectivity index (χ1n) is 10.2. The zero-order chi connectivity index (χ0) is 19.8. The first-order chi connectivity index (χ1) is 13.6. The summed E-state index contributed by atoms with van der Waals surface area (Å²) in [7, 11) is 0. The molecule has 0 radical (unpaired) electrons. The van der Waals surface area contributed by atoms with E-state index in [2.05, 4.69) is 51.7 Å². The van der Waals surface area contributed by atoms with Crippen LogP contribution in [-0.2, 0) is 18.6 Å². The van der Waals surface area contributed by atoms with Gasteiger partial charge in [-0.3, -0.25) is 4.90 Å². The Labute approximate surface area is 195 Å². The van der Waals surface area contributed by atoms with Crippen LogP contribution in [0.4, 0.5) is 0 Å². The lowest BCUT2D eigenvalue weighted by atomic mass is 10.00. The van der Waals surface area contributed by atoms with E-state index >= 15 is 0 Å². The van der Waals surface area contributed by atoms with Crippen LogP contribution in [0.2, 0.25) is 0 Å². The van der Waals surface area contributed by atoms with Gasteiger partial charge in [0.15, 0.2) is 5.96 Å². The Balaban J connectivity index is 0.00000300. The quantitative estimate of drug-likeness (QED) is 0.212. The lowest BCUT2D eigenvalue weighted by molar-refractivity contribution is 0.0711. The molecule has 7 heteroatoms. The van der Waals surface area contributed by atoms with Crippen molar-refractivity contribution in [1.82, 2.24) is 15.5 Å². The van der Waals surface area contributed by atoms with Gasteiger partial charge in [-0.25, -0.2) is 4.99 Å². The third-order valence-corrected chi connectivity index (χ3v) is 6.22. The topological polar surface area (TPSA) is 59.9 Å². The van der Waals surface area contributed by atoms with E-state index in [0.29, 0.717) is 6.54 Å². The number of nitrogens with zero attached hydrogens (tertiary/aromatic N) is 2. The zero-order valence-corrected chi connectivity index (χ0v) is 20.5. The molecule has 1 atom stereocenters. The smallest absolute Gasteiger partial charge is 0.191 e. The van der Waals surface area contributed by atoms with Gasteiger partial charge in [-0.15, -0.1) is 35.3 Å². The van der Waals surface area contributed by atoms with Gasteiger partial charge in [-0.2, -0.15) is 0 Å². The van der Waals surface area contributed by atoms with Crippen LogP contribution in [0.3, 0.4) is 0 Å². The number of nitrogens with one attached hydrogen (secondary N) is 2. The number of thiophene rings is 1. The normalized spacial score (nSPS) is 16.4. The Kier molecular flexibility index (Phi) is 9.88. The van der Waals surface area contributed by atoms with Crippen molar-refractivity contribution in [2.75, 3.05) is 32.7 Å². The molecule has 1 aromatic carbocycles. The molecule has 0 bridgehead atoms. The van der Waals surface area contributed by atoms with Gasteiger partial charge in [0.05, 0.1) is 6.54 Å². The molecule has 160 valence electrons. The fraction of sp³-hybridized carbons (Fsp3) is 0.500. The molecule has 1 aromatic heterocycles. The molecule has 0 amide bonds. The minimum Gasteiger partial charge on any atom is -0.383 e. The Morgan fingerprint density at radius 1 is 1.21 bits per heavy atom. The van der Waals surface area contributed by atoms with Crippen molar-refractivity contribution in [2.45, 2.75) is 38.8 Å². The number of benzene rings is 1. The third kappa shape index (κ3) is 7.24. The number of rotatable bonds is 8. The molecule has 0 saturated heterocycles. The number of halogens is 1. The van der Waals surface area contributed by atoms with Gasteiger partial charge in [-0.1, -0.05) is 30.3 Å². The minimum atomic E-state index is -0.933. The summed E-state index contributed by atoms with van der Waals surface area (Å²) in [6.07, 6.45) is 2.21. The second-order valence-corrected chi connectivity index (χ2v) is 8.47. The molecule has 2 aromatic rings. The minimum absolute atomic E-state index is 0. The first kappa shape index (κ1) is 24.1. The summed E-state index contributed by atoms with van der Waals surface area (Å²) in [5.41, 5.74) is 2.03. The van der Waals surface area contributed by atoms with E-state index < -0.39 is 5.60 Å². The van der Waals surface area contributed by atoms with Crippen molar-refractivity contribution in [3.8, 4) is 0 Å². The average molecular weight is 529 g/mol. The van der Waals surface area contributed by atoms with E-state index in [-0.39, 0.29) is 24.0 Å². The SMILES string of the molecule is CCNC(=NCC(C)(O)c1cccs1)NCCCN1CCc2ccccc2C1.I. The van der Waals surface area contributed by atoms with Gasteiger partial charge >= 0.3 is 0 Å². The van der Waals surface area contributed by atoms with Crippen molar-refractivity contribution in [3.63, 3.8) is 0 Å². The molecular formula is C22H33IN4OS. The highest BCUT2D eigenvalue weighted by Gasteiger charge is 2.24. The number of hydrogen-bond donors (Lipinski definition) is 3. The molecule has 1 aliphatic rings. The molecule has 29 heavy (non-hydrogen) atoms. The van der Waals surface area contributed by atoms with E-state index in [1.165, 1.54) is 11.1 Å². The largest absolute Gasteiger partial charge is 0.383 e. The van der Waals surface area contributed by atoms with Crippen molar-refractivity contribution >= 4 is 41.3 Å². The van der Waals surface area contributed by atoms with E-state index in [0.717, 1.165) is 56.4 Å². The highest BCUT2D eigenvalue weighted by atomic mass is 127. The van der Waals surface area contributed by atoms with Crippen LogP contribution in [0, 0.1) is 0 Å². The van der Waals surface area contributed by atoms with E-state index in [4.69, 9.17) is 0 Å². The van der Waals surface area contributed by atoms with Gasteiger partial charge in [0.1, 0.15) is 5.60 Å². The van der Waals surface area contributed by atoms with Crippen LogP contribution in [0.5, 0.6) is 0 Å². The van der Waals surface area contributed by atoms with Crippen molar-refractivity contribution < 1.29 is 5.11 Å². The van der Waals surface area contributed by atoms with Crippen LogP contribution in [0.1, 0.15) is 36.3 Å². The highest BCUT2D eigenvalue weighted by molar-refractivity contribution is 14.0. The number of guanidine groups is 1. The summed E-state index contributed by atoms with van der Waals surface area (Å²) >= 11 is 1.56. The van der Waals surface area contributed by atoms with Gasteiger partial charge in [0.25, 0.3) is 0 Å². The Bertz CT molecular complexity index is 764. The Hall–Kier alpha value is -1.16. The second kappa shape index (κ2) is 11.9. The van der Waals surface area contributed by atoms with Crippen molar-refractivity contribution in [3.05, 3.63) is 57.8 Å². The molecule has 1 unspecified atom stereocenters. The van der Waals surface area contributed by atoms with Crippen LogP contribution in [0.15, 0.2) is 46.8 Å². The van der Waals surface area contributed by atoms with Gasteiger partial charge < -0.3 is 15.7 Å². The summed E-state index contributed by atoms with van der Waals surface area (Å²) in [6, 6.07) is 12.7. The molecule has 0 aliphatic carbocycles. The second-order valence-electron chi connectivity index (χ2n) is 7.52. The number of aliphatic imine (C=N–C) groups is 1. The molecule has 0 fully saturated rings. The highest BCUT2D eigenvalue weighted by Crippen LogP contribution is 2.25. The van der Waals surface area contributed by atoms with Crippen molar-refractivity contribution in [1.29, 1.82) is 0 Å². The number of aliphatic hydroxyl groups is 1. The molecule has 1 aliphatic heterocycles. The van der Waals surface area contributed by atoms with E-state index in [1.807, 2.05) is 24.4 Å². The number of fused-ring (bicyclic) bond motifs is 1. The molecule has 3 rings (SSSR count). The fourth-order valence-corrected chi connectivity index (χ4v) is 4.27. The van der Waals surface area contributed by atoms with Crippen LogP contribution < -0.4 is 10.6 Å². The van der Waals surface area contributed by atoms with Crippen LogP contribution >= 0.6 is 35.3 Å². The van der Waals surface area contributed by atoms with Gasteiger partial charge in [-0.05, 0) is 49.3 Å². The summed E-state index contributed by atoms with van der Waals surface area (Å²) < 4.78 is 0. The summed E-state index contributed by atoms with van der Waals surface area (Å²) in [4.78, 5) is 8.06. The first-order valence-corrected chi connectivity index (χ1v) is 11.0. The fourth-order valence-electron chi connectivity index (χ4n) is 3.49. The zero-order valence-electron chi connectivity index (χ0n) is 17.4. The predicted octanol–water partition coefficient (Wildman–Crippen LogP) is 3.58. The van der Waals surface area contributed by atoms with E-state index in [1.54, 1.807) is 11.3 Å². The summed E-state index contributed by atoms with van der Waals surface area (Å²) in [5.74, 6) is 0.767. The summed E-state index contributed by atoms with van der Waals surface area (Å²) in [6.45, 7) is 9.14. The third-order valence-electron chi connectivity index (χ3n) is 5.09. The van der Waals surface area contributed by atoms with Crippen molar-refractivity contribution in [2.24, 2.45) is 4.99 Å². The molecule has 0 spiro atoms. The summed E-state index contributed by atoms with van der Waals surface area (Å²) in [5, 5.41) is 19.3. The molecular weight excluding hydrogens is 495 g/mol. The molecule has 0 saturated carbocycles. The van der Waals surface area contributed by atoms with Crippen LogP contribution in [0.25, 0.3) is 0 Å². The molecule has 2 heterocycles. The Morgan fingerprint density at radius 3 is 2.72 bits per heavy atom. The maximum atomic E-state index is 10.7. The average Bonchev–Trinajstić information content (AvgIpc) is 3.25. The van der Waals surface area contributed by atoms with Gasteiger partial charge in [0.2, 0.25) is 0 Å². The number of hydrogen-bond acceptors (Lipinski definition) is 4. The lowest BCUT2D eigenvalue weighted by Gasteiger charge is -2.28. The van der Waals surface area contributed by atoms with Gasteiger partial charge in [0, 0.05) is 37.6 Å². The lowest BCUT2D eigenvalue weighted by Crippen LogP contribution is -2.40. The Morgan fingerprint density at radius 2 is 2.00 bits per heavy atom. The van der Waals surface area contributed by atoms with E-state index in [9.17, 15) is 5.11 Å². The predicted molar refractivity (Wildman–Crippen MR) is 133 cm³/mol. The maximum Gasteiger partial charge on any atom is 0.191 e.